The fraction of sp³-hybridized carbons (Fsp3) is 0.292. The number of fused-ring (bicyclic) bond motifs is 2. The molecule has 3 aromatic rings. The van der Waals surface area contributed by atoms with Crippen LogP contribution in [0.3, 0.4) is 0 Å². The summed E-state index contributed by atoms with van der Waals surface area (Å²) in [7, 11) is 0. The summed E-state index contributed by atoms with van der Waals surface area (Å²) in [6.45, 7) is 1.99. The zero-order chi connectivity index (χ0) is 20.8. The van der Waals surface area contributed by atoms with Crippen molar-refractivity contribution in [2.24, 2.45) is 5.92 Å². The van der Waals surface area contributed by atoms with Gasteiger partial charge in [0.15, 0.2) is 0 Å². The highest BCUT2D eigenvalue weighted by Crippen LogP contribution is 2.41. The van der Waals surface area contributed by atoms with Crippen LogP contribution in [-0.4, -0.2) is 23.0 Å². The fourth-order valence-corrected chi connectivity index (χ4v) is 5.16. The predicted molar refractivity (Wildman–Crippen MR) is 118 cm³/mol. The van der Waals surface area contributed by atoms with Gasteiger partial charge in [0.25, 0.3) is 0 Å². The van der Waals surface area contributed by atoms with Crippen LogP contribution in [-0.2, 0) is 4.79 Å². The SMILES string of the molecule is Cc1ccc2cncc(N3C(=O)NC4CC(c5ccccc5Cl)CCC4C3=O)c2c1. The third-order valence-corrected chi connectivity index (χ3v) is 6.73. The summed E-state index contributed by atoms with van der Waals surface area (Å²) in [5.74, 6) is -0.139. The van der Waals surface area contributed by atoms with E-state index in [0.717, 1.165) is 33.3 Å². The minimum Gasteiger partial charge on any atom is -0.334 e. The fourth-order valence-electron chi connectivity index (χ4n) is 4.87. The average Bonchev–Trinajstić information content (AvgIpc) is 2.74. The van der Waals surface area contributed by atoms with Gasteiger partial charge in [0.05, 0.1) is 17.8 Å². The lowest BCUT2D eigenvalue weighted by Crippen LogP contribution is -2.61. The first kappa shape index (κ1) is 19.1. The Labute approximate surface area is 180 Å². The summed E-state index contributed by atoms with van der Waals surface area (Å²) in [4.78, 5) is 32.0. The molecular formula is C24H22ClN3O2. The number of pyridine rings is 1. The number of rotatable bonds is 2. The molecule has 0 spiro atoms. The first-order valence-electron chi connectivity index (χ1n) is 10.3. The number of carbonyl (C=O) groups excluding carboxylic acids is 2. The lowest BCUT2D eigenvalue weighted by molar-refractivity contribution is -0.124. The van der Waals surface area contributed by atoms with E-state index in [4.69, 9.17) is 11.6 Å². The summed E-state index contributed by atoms with van der Waals surface area (Å²) in [6, 6.07) is 13.2. The first-order valence-corrected chi connectivity index (χ1v) is 10.6. The van der Waals surface area contributed by atoms with E-state index in [1.807, 2.05) is 49.4 Å². The molecule has 152 valence electrons. The summed E-state index contributed by atoms with van der Waals surface area (Å²) in [5, 5.41) is 5.60. The molecule has 1 saturated carbocycles. The normalized spacial score (nSPS) is 23.9. The number of benzene rings is 2. The Morgan fingerprint density at radius 3 is 2.77 bits per heavy atom. The number of hydrogen-bond donors (Lipinski definition) is 1. The van der Waals surface area contributed by atoms with Crippen LogP contribution in [0.2, 0.25) is 5.02 Å². The molecule has 3 unspecified atom stereocenters. The molecule has 5 rings (SSSR count). The van der Waals surface area contributed by atoms with Gasteiger partial charge in [0, 0.05) is 28.0 Å². The van der Waals surface area contributed by atoms with Crippen molar-refractivity contribution in [1.29, 1.82) is 0 Å². The van der Waals surface area contributed by atoms with Gasteiger partial charge in [-0.25, -0.2) is 9.69 Å². The van der Waals surface area contributed by atoms with Crippen molar-refractivity contribution in [1.82, 2.24) is 10.3 Å². The van der Waals surface area contributed by atoms with E-state index in [1.54, 1.807) is 12.4 Å². The molecule has 3 amide bonds. The molecule has 2 aromatic carbocycles. The molecule has 0 radical (unpaired) electrons. The van der Waals surface area contributed by atoms with Gasteiger partial charge in [-0.15, -0.1) is 0 Å². The second-order valence-corrected chi connectivity index (χ2v) is 8.66. The van der Waals surface area contributed by atoms with E-state index >= 15 is 0 Å². The van der Waals surface area contributed by atoms with Gasteiger partial charge in [-0.2, -0.15) is 0 Å². The number of urea groups is 1. The maximum Gasteiger partial charge on any atom is 0.329 e. The molecule has 1 aromatic heterocycles. The van der Waals surface area contributed by atoms with Gasteiger partial charge in [-0.05, 0) is 49.8 Å². The van der Waals surface area contributed by atoms with Gasteiger partial charge in [-0.3, -0.25) is 9.78 Å². The summed E-state index contributed by atoms with van der Waals surface area (Å²) >= 11 is 6.39. The Morgan fingerprint density at radius 2 is 1.93 bits per heavy atom. The molecule has 30 heavy (non-hydrogen) atoms. The van der Waals surface area contributed by atoms with Crippen molar-refractivity contribution in [2.75, 3.05) is 4.90 Å². The number of anilines is 1. The van der Waals surface area contributed by atoms with Crippen LogP contribution < -0.4 is 10.2 Å². The Balaban J connectivity index is 1.46. The zero-order valence-electron chi connectivity index (χ0n) is 16.6. The molecule has 0 bridgehead atoms. The molecule has 1 aliphatic carbocycles. The van der Waals surface area contributed by atoms with Crippen LogP contribution in [0.25, 0.3) is 10.8 Å². The van der Waals surface area contributed by atoms with Crippen molar-refractivity contribution >= 4 is 40.0 Å². The number of imide groups is 1. The van der Waals surface area contributed by atoms with Crippen molar-refractivity contribution < 1.29 is 9.59 Å². The maximum absolute atomic E-state index is 13.4. The third kappa shape index (κ3) is 3.14. The lowest BCUT2D eigenvalue weighted by Gasteiger charge is -2.42. The number of amides is 3. The van der Waals surface area contributed by atoms with Crippen molar-refractivity contribution in [3.8, 4) is 0 Å². The molecule has 1 saturated heterocycles. The summed E-state index contributed by atoms with van der Waals surface area (Å²) in [6.07, 6.45) is 5.66. The average molecular weight is 420 g/mol. The van der Waals surface area contributed by atoms with Crippen LogP contribution in [0.5, 0.6) is 0 Å². The minimum absolute atomic E-state index is 0.142. The highest BCUT2D eigenvalue weighted by atomic mass is 35.5. The Morgan fingerprint density at radius 1 is 1.10 bits per heavy atom. The Bertz CT molecular complexity index is 1160. The molecule has 2 fully saturated rings. The van der Waals surface area contributed by atoms with Crippen LogP contribution in [0, 0.1) is 12.8 Å². The molecule has 6 heteroatoms. The van der Waals surface area contributed by atoms with E-state index in [0.29, 0.717) is 18.5 Å². The van der Waals surface area contributed by atoms with Crippen molar-refractivity contribution in [2.45, 2.75) is 38.1 Å². The van der Waals surface area contributed by atoms with E-state index in [9.17, 15) is 9.59 Å². The minimum atomic E-state index is -0.378. The molecule has 1 aliphatic heterocycles. The third-order valence-electron chi connectivity index (χ3n) is 6.38. The summed E-state index contributed by atoms with van der Waals surface area (Å²) in [5.41, 5.74) is 2.71. The van der Waals surface area contributed by atoms with Crippen LogP contribution in [0.15, 0.2) is 54.9 Å². The van der Waals surface area contributed by atoms with E-state index in [1.165, 1.54) is 4.90 Å². The van der Waals surface area contributed by atoms with E-state index in [2.05, 4.69) is 10.3 Å². The lowest BCUT2D eigenvalue weighted by atomic mass is 9.74. The van der Waals surface area contributed by atoms with Gasteiger partial charge < -0.3 is 5.32 Å². The van der Waals surface area contributed by atoms with E-state index in [-0.39, 0.29) is 29.8 Å². The monoisotopic (exact) mass is 419 g/mol. The van der Waals surface area contributed by atoms with Gasteiger partial charge in [-0.1, -0.05) is 47.5 Å². The summed E-state index contributed by atoms with van der Waals surface area (Å²) < 4.78 is 0. The van der Waals surface area contributed by atoms with Crippen molar-refractivity contribution in [3.05, 3.63) is 71.0 Å². The highest BCUT2D eigenvalue weighted by Gasteiger charge is 2.45. The van der Waals surface area contributed by atoms with Crippen molar-refractivity contribution in [3.63, 3.8) is 0 Å². The maximum atomic E-state index is 13.4. The van der Waals surface area contributed by atoms with Gasteiger partial charge in [0.2, 0.25) is 5.91 Å². The number of nitrogens with one attached hydrogen (secondary N) is 1. The number of halogens is 1. The van der Waals surface area contributed by atoms with Crippen LogP contribution in [0.1, 0.15) is 36.3 Å². The standard InChI is InChI=1S/C24H22ClN3O2/c1-14-6-7-16-12-26-13-22(19(16)10-14)28-23(29)18-9-8-15(11-21(18)27-24(28)30)17-4-2-3-5-20(17)25/h2-7,10,12-13,15,18,21H,8-9,11H2,1H3,(H,27,30). The quantitative estimate of drug-likeness (QED) is 0.620. The first-order chi connectivity index (χ1) is 14.5. The highest BCUT2D eigenvalue weighted by molar-refractivity contribution is 6.31. The molecule has 2 aliphatic rings. The predicted octanol–water partition coefficient (Wildman–Crippen LogP) is 5.21. The van der Waals surface area contributed by atoms with Gasteiger partial charge in [0.1, 0.15) is 0 Å². The van der Waals surface area contributed by atoms with Crippen LogP contribution in [0.4, 0.5) is 10.5 Å². The molecule has 1 N–H and O–H groups in total. The largest absolute Gasteiger partial charge is 0.334 e. The molecule has 3 atom stereocenters. The van der Waals surface area contributed by atoms with E-state index < -0.39 is 0 Å². The van der Waals surface area contributed by atoms with Crippen LogP contribution >= 0.6 is 11.6 Å². The number of nitrogens with zero attached hydrogens (tertiary/aromatic N) is 2. The Hall–Kier alpha value is -2.92. The second kappa shape index (κ2) is 7.40. The topological polar surface area (TPSA) is 62.3 Å². The molecule has 2 heterocycles. The molecular weight excluding hydrogens is 398 g/mol. The number of hydrogen-bond acceptors (Lipinski definition) is 3. The smallest absolute Gasteiger partial charge is 0.329 e. The second-order valence-electron chi connectivity index (χ2n) is 8.25. The zero-order valence-corrected chi connectivity index (χ0v) is 17.4. The number of carbonyl (C=O) groups is 2. The molecule has 5 nitrogen and oxygen atoms in total. The van der Waals surface area contributed by atoms with Gasteiger partial charge >= 0.3 is 6.03 Å². The number of aromatic nitrogens is 1. The Kier molecular flexibility index (Phi) is 4.70. The number of aryl methyl sites for hydroxylation is 1.